The zero-order valence-electron chi connectivity index (χ0n) is 14.3. The highest BCUT2D eigenvalue weighted by atomic mass is 16.1. The average Bonchev–Trinajstić information content (AvgIpc) is 3.22. The number of carbonyl (C=O) groups is 1. The van der Waals surface area contributed by atoms with Crippen LogP contribution in [0.25, 0.3) is 5.69 Å². The first kappa shape index (κ1) is 16.4. The number of hydrogen-bond donors (Lipinski definition) is 2. The molecule has 0 bridgehead atoms. The van der Waals surface area contributed by atoms with Gasteiger partial charge in [0, 0.05) is 12.6 Å². The number of fused-ring (bicyclic) bond motifs is 1. The number of carbonyl (C=O) groups excluding carboxylic acids is 1. The van der Waals surface area contributed by atoms with Crippen LogP contribution < -0.4 is 10.6 Å². The topological polar surface area (TPSA) is 84.7 Å². The molecule has 1 aliphatic rings. The summed E-state index contributed by atoms with van der Waals surface area (Å²) in [5.41, 5.74) is 4.46. The molecule has 0 fully saturated rings. The fourth-order valence-electron chi connectivity index (χ4n) is 3.28. The van der Waals surface area contributed by atoms with Gasteiger partial charge in [-0.05, 0) is 52.2 Å². The summed E-state index contributed by atoms with van der Waals surface area (Å²) in [4.78, 5) is 12.3. The lowest BCUT2D eigenvalue weighted by Gasteiger charge is -2.27. The lowest BCUT2D eigenvalue weighted by atomic mass is 9.94. The standard InChI is InChI=1S/C19H20N6O/c26-19(11-14-5-7-16(8-6-14)25-13-22-23-24-25)21-12-18-17-4-2-1-3-15(17)9-10-20-18/h1-8,13,18,20H,9-12H2,(H,21,26). The van der Waals surface area contributed by atoms with E-state index in [1.807, 2.05) is 30.3 Å². The van der Waals surface area contributed by atoms with E-state index in [1.54, 1.807) is 4.68 Å². The Morgan fingerprint density at radius 3 is 2.85 bits per heavy atom. The first-order chi connectivity index (χ1) is 12.8. The molecule has 7 heteroatoms. The molecule has 7 nitrogen and oxygen atoms in total. The number of nitrogens with zero attached hydrogens (tertiary/aromatic N) is 4. The summed E-state index contributed by atoms with van der Waals surface area (Å²) in [5.74, 6) is 0.0185. The molecule has 0 aliphatic carbocycles. The zero-order valence-corrected chi connectivity index (χ0v) is 14.3. The van der Waals surface area contributed by atoms with Gasteiger partial charge in [0.25, 0.3) is 0 Å². The predicted molar refractivity (Wildman–Crippen MR) is 96.8 cm³/mol. The SMILES string of the molecule is O=C(Cc1ccc(-n2cnnn2)cc1)NCC1NCCc2ccccc21. The van der Waals surface area contributed by atoms with E-state index >= 15 is 0 Å². The van der Waals surface area contributed by atoms with Crippen molar-refractivity contribution in [2.24, 2.45) is 0 Å². The van der Waals surface area contributed by atoms with E-state index in [-0.39, 0.29) is 11.9 Å². The lowest BCUT2D eigenvalue weighted by molar-refractivity contribution is -0.120. The third-order valence-corrected chi connectivity index (χ3v) is 4.63. The lowest BCUT2D eigenvalue weighted by Crippen LogP contribution is -2.39. The van der Waals surface area contributed by atoms with Crippen molar-refractivity contribution in [3.8, 4) is 5.69 Å². The van der Waals surface area contributed by atoms with Crippen LogP contribution in [-0.2, 0) is 17.6 Å². The monoisotopic (exact) mass is 348 g/mol. The van der Waals surface area contributed by atoms with E-state index in [1.165, 1.54) is 17.5 Å². The van der Waals surface area contributed by atoms with Gasteiger partial charge in [-0.1, -0.05) is 36.4 Å². The van der Waals surface area contributed by atoms with Crippen LogP contribution in [0.15, 0.2) is 54.9 Å². The molecule has 2 aromatic carbocycles. The summed E-state index contributed by atoms with van der Waals surface area (Å²) in [6, 6.07) is 16.2. The molecule has 4 rings (SSSR count). The number of amides is 1. The predicted octanol–water partition coefficient (Wildman–Crippen LogP) is 1.21. The van der Waals surface area contributed by atoms with E-state index in [4.69, 9.17) is 0 Å². The Morgan fingerprint density at radius 1 is 1.19 bits per heavy atom. The Bertz CT molecular complexity index is 875. The van der Waals surface area contributed by atoms with E-state index < -0.39 is 0 Å². The molecule has 0 saturated carbocycles. The maximum absolute atomic E-state index is 12.3. The van der Waals surface area contributed by atoms with Crippen molar-refractivity contribution in [3.05, 3.63) is 71.5 Å². The summed E-state index contributed by atoms with van der Waals surface area (Å²) in [7, 11) is 0. The molecule has 1 aromatic heterocycles. The molecule has 26 heavy (non-hydrogen) atoms. The molecule has 0 saturated heterocycles. The van der Waals surface area contributed by atoms with Crippen LogP contribution in [0.3, 0.4) is 0 Å². The van der Waals surface area contributed by atoms with Crippen molar-refractivity contribution in [1.29, 1.82) is 0 Å². The fourth-order valence-corrected chi connectivity index (χ4v) is 3.28. The van der Waals surface area contributed by atoms with Gasteiger partial charge in [-0.3, -0.25) is 4.79 Å². The van der Waals surface area contributed by atoms with Crippen LogP contribution in [0, 0.1) is 0 Å². The average molecular weight is 348 g/mol. The van der Waals surface area contributed by atoms with Crippen LogP contribution in [-0.4, -0.2) is 39.2 Å². The minimum Gasteiger partial charge on any atom is -0.354 e. The summed E-state index contributed by atoms with van der Waals surface area (Å²) >= 11 is 0. The molecule has 1 unspecified atom stereocenters. The summed E-state index contributed by atoms with van der Waals surface area (Å²) in [6.45, 7) is 1.54. The summed E-state index contributed by atoms with van der Waals surface area (Å²) < 4.78 is 1.58. The zero-order chi connectivity index (χ0) is 17.8. The molecule has 132 valence electrons. The first-order valence-corrected chi connectivity index (χ1v) is 8.70. The Kier molecular flexibility index (Phi) is 4.70. The highest BCUT2D eigenvalue weighted by molar-refractivity contribution is 5.78. The van der Waals surface area contributed by atoms with Crippen molar-refractivity contribution < 1.29 is 4.79 Å². The number of nitrogens with one attached hydrogen (secondary N) is 2. The Labute approximate surface area is 151 Å². The van der Waals surface area contributed by atoms with Crippen LogP contribution in [0.2, 0.25) is 0 Å². The minimum absolute atomic E-state index is 0.0185. The van der Waals surface area contributed by atoms with Gasteiger partial charge in [-0.25, -0.2) is 4.68 Å². The van der Waals surface area contributed by atoms with Gasteiger partial charge in [-0.15, -0.1) is 5.10 Å². The van der Waals surface area contributed by atoms with Gasteiger partial charge in [0.05, 0.1) is 12.1 Å². The van der Waals surface area contributed by atoms with Crippen LogP contribution in [0.5, 0.6) is 0 Å². The highest BCUT2D eigenvalue weighted by Gasteiger charge is 2.19. The van der Waals surface area contributed by atoms with Crippen molar-refractivity contribution in [1.82, 2.24) is 30.8 Å². The van der Waals surface area contributed by atoms with E-state index in [0.29, 0.717) is 13.0 Å². The maximum Gasteiger partial charge on any atom is 0.224 e. The van der Waals surface area contributed by atoms with Crippen molar-refractivity contribution in [3.63, 3.8) is 0 Å². The van der Waals surface area contributed by atoms with Crippen LogP contribution >= 0.6 is 0 Å². The normalized spacial score (nSPS) is 16.1. The van der Waals surface area contributed by atoms with Gasteiger partial charge in [0.1, 0.15) is 6.33 Å². The third kappa shape index (κ3) is 3.62. The molecular weight excluding hydrogens is 328 g/mol. The molecule has 0 radical (unpaired) electrons. The van der Waals surface area contributed by atoms with E-state index in [0.717, 1.165) is 24.2 Å². The molecule has 3 aromatic rings. The van der Waals surface area contributed by atoms with Crippen LogP contribution in [0.1, 0.15) is 22.7 Å². The van der Waals surface area contributed by atoms with Gasteiger partial charge in [0.2, 0.25) is 5.91 Å². The third-order valence-electron chi connectivity index (χ3n) is 4.63. The quantitative estimate of drug-likeness (QED) is 0.724. The molecule has 1 aliphatic heterocycles. The van der Waals surface area contributed by atoms with Crippen molar-refractivity contribution >= 4 is 5.91 Å². The molecular formula is C19H20N6O. The van der Waals surface area contributed by atoms with Gasteiger partial charge < -0.3 is 10.6 Å². The Morgan fingerprint density at radius 2 is 2.04 bits per heavy atom. The smallest absolute Gasteiger partial charge is 0.224 e. The van der Waals surface area contributed by atoms with E-state index in [9.17, 15) is 4.79 Å². The first-order valence-electron chi connectivity index (χ1n) is 8.70. The number of aromatic nitrogens is 4. The highest BCUT2D eigenvalue weighted by Crippen LogP contribution is 2.21. The molecule has 1 amide bonds. The Hall–Kier alpha value is -3.06. The largest absolute Gasteiger partial charge is 0.354 e. The Balaban J connectivity index is 1.33. The fraction of sp³-hybridized carbons (Fsp3) is 0.263. The van der Waals surface area contributed by atoms with Gasteiger partial charge >= 0.3 is 0 Å². The number of rotatable bonds is 5. The maximum atomic E-state index is 12.3. The molecule has 2 heterocycles. The second-order valence-corrected chi connectivity index (χ2v) is 6.36. The summed E-state index contributed by atoms with van der Waals surface area (Å²) in [5, 5.41) is 17.6. The summed E-state index contributed by atoms with van der Waals surface area (Å²) in [6.07, 6.45) is 2.93. The van der Waals surface area contributed by atoms with Crippen molar-refractivity contribution in [2.45, 2.75) is 18.9 Å². The molecule has 0 spiro atoms. The molecule has 2 N–H and O–H groups in total. The number of tetrazole rings is 1. The van der Waals surface area contributed by atoms with Crippen molar-refractivity contribution in [2.75, 3.05) is 13.1 Å². The second-order valence-electron chi connectivity index (χ2n) is 6.36. The molecule has 1 atom stereocenters. The van der Waals surface area contributed by atoms with E-state index in [2.05, 4.69) is 44.4 Å². The number of hydrogen-bond acceptors (Lipinski definition) is 5. The second kappa shape index (κ2) is 7.45. The number of benzene rings is 2. The van der Waals surface area contributed by atoms with Crippen LogP contribution in [0.4, 0.5) is 0 Å². The minimum atomic E-state index is 0.0185. The van der Waals surface area contributed by atoms with Gasteiger partial charge in [0.15, 0.2) is 0 Å². The van der Waals surface area contributed by atoms with Gasteiger partial charge in [-0.2, -0.15) is 0 Å².